The van der Waals surface area contributed by atoms with E-state index in [0.29, 0.717) is 10.8 Å². The number of carbonyl (C=O) groups excluding carboxylic acids is 1. The summed E-state index contributed by atoms with van der Waals surface area (Å²) in [5, 5.41) is 6.09. The molecule has 0 saturated carbocycles. The molecule has 0 aliphatic rings. The number of nitrogens with two attached hydrogens (primary N) is 1. The van der Waals surface area contributed by atoms with E-state index in [1.165, 1.54) is 11.3 Å². The van der Waals surface area contributed by atoms with E-state index < -0.39 is 0 Å². The van der Waals surface area contributed by atoms with Gasteiger partial charge in [0.05, 0.1) is 18.3 Å². The molecule has 2 aromatic rings. The molecule has 1 heterocycles. The number of thiazole rings is 1. The Bertz CT molecular complexity index is 550. The number of amides is 1. The van der Waals surface area contributed by atoms with Crippen LogP contribution in [0.1, 0.15) is 11.3 Å². The van der Waals surface area contributed by atoms with E-state index in [-0.39, 0.29) is 12.3 Å². The van der Waals surface area contributed by atoms with Crippen LogP contribution in [-0.2, 0) is 11.2 Å². The van der Waals surface area contributed by atoms with Crippen molar-refractivity contribution in [3.63, 3.8) is 0 Å². The predicted octanol–water partition coefficient (Wildman–Crippen LogP) is 1.42. The molecule has 1 aromatic carbocycles. The molecule has 0 aliphatic carbocycles. The van der Waals surface area contributed by atoms with Gasteiger partial charge in [-0.15, -0.1) is 11.3 Å². The first-order valence-corrected chi connectivity index (χ1v) is 6.19. The van der Waals surface area contributed by atoms with Gasteiger partial charge in [0.15, 0.2) is 5.13 Å². The van der Waals surface area contributed by atoms with Crippen LogP contribution in [0.15, 0.2) is 40.8 Å². The maximum atomic E-state index is 11.5. The fraction of sp³-hybridized carbons (Fsp3) is 0.0833. The van der Waals surface area contributed by atoms with Crippen LogP contribution >= 0.6 is 11.3 Å². The highest BCUT2D eigenvalue weighted by Gasteiger charge is 2.05. The SMILES string of the molecule is Nc1nc(CC(=O)N/N=C/c2ccccc2)cs1. The zero-order valence-electron chi connectivity index (χ0n) is 9.54. The minimum Gasteiger partial charge on any atom is -0.375 e. The van der Waals surface area contributed by atoms with Crippen molar-refractivity contribution in [1.29, 1.82) is 0 Å². The Hall–Kier alpha value is -2.21. The first-order chi connectivity index (χ1) is 8.74. The van der Waals surface area contributed by atoms with Gasteiger partial charge in [-0.2, -0.15) is 5.10 Å². The number of hydrogen-bond donors (Lipinski definition) is 2. The summed E-state index contributed by atoms with van der Waals surface area (Å²) in [4.78, 5) is 15.5. The normalized spacial score (nSPS) is 10.7. The number of rotatable bonds is 4. The molecule has 1 amide bonds. The molecular weight excluding hydrogens is 248 g/mol. The van der Waals surface area contributed by atoms with Crippen molar-refractivity contribution in [3.8, 4) is 0 Å². The number of benzene rings is 1. The lowest BCUT2D eigenvalue weighted by Gasteiger charge is -1.96. The van der Waals surface area contributed by atoms with E-state index in [1.807, 2.05) is 30.3 Å². The van der Waals surface area contributed by atoms with Gasteiger partial charge in [-0.25, -0.2) is 10.4 Å². The van der Waals surface area contributed by atoms with Crippen LogP contribution in [0, 0.1) is 0 Å². The smallest absolute Gasteiger partial charge is 0.246 e. The van der Waals surface area contributed by atoms with Gasteiger partial charge in [-0.1, -0.05) is 30.3 Å². The van der Waals surface area contributed by atoms with Crippen molar-refractivity contribution in [2.75, 3.05) is 5.73 Å². The maximum Gasteiger partial charge on any atom is 0.246 e. The Morgan fingerprint density at radius 1 is 1.44 bits per heavy atom. The fourth-order valence-corrected chi connectivity index (χ4v) is 1.89. The number of anilines is 1. The zero-order valence-corrected chi connectivity index (χ0v) is 10.4. The van der Waals surface area contributed by atoms with Gasteiger partial charge in [0.1, 0.15) is 0 Å². The molecular formula is C12H12N4OS. The van der Waals surface area contributed by atoms with Gasteiger partial charge in [0, 0.05) is 5.38 Å². The number of hydrogen-bond acceptors (Lipinski definition) is 5. The van der Waals surface area contributed by atoms with Crippen LogP contribution in [-0.4, -0.2) is 17.1 Å². The number of aromatic nitrogens is 1. The summed E-state index contributed by atoms with van der Waals surface area (Å²) in [5.74, 6) is -0.215. The van der Waals surface area contributed by atoms with Crippen molar-refractivity contribution in [2.45, 2.75) is 6.42 Å². The van der Waals surface area contributed by atoms with Crippen molar-refractivity contribution < 1.29 is 4.79 Å². The van der Waals surface area contributed by atoms with E-state index in [2.05, 4.69) is 15.5 Å². The highest BCUT2D eigenvalue weighted by atomic mass is 32.1. The quantitative estimate of drug-likeness (QED) is 0.644. The minimum absolute atomic E-state index is 0.180. The third-order valence-corrected chi connectivity index (χ3v) is 2.84. The Balaban J connectivity index is 1.83. The lowest BCUT2D eigenvalue weighted by atomic mass is 10.2. The molecule has 0 saturated heterocycles. The van der Waals surface area contributed by atoms with E-state index in [1.54, 1.807) is 11.6 Å². The van der Waals surface area contributed by atoms with Crippen LogP contribution in [0.5, 0.6) is 0 Å². The van der Waals surface area contributed by atoms with Crippen LogP contribution in [0.3, 0.4) is 0 Å². The van der Waals surface area contributed by atoms with E-state index >= 15 is 0 Å². The van der Waals surface area contributed by atoms with Gasteiger partial charge in [-0.3, -0.25) is 4.79 Å². The molecule has 18 heavy (non-hydrogen) atoms. The summed E-state index contributed by atoms with van der Waals surface area (Å²) in [6.07, 6.45) is 1.77. The summed E-state index contributed by atoms with van der Waals surface area (Å²) in [6, 6.07) is 9.53. The molecule has 0 radical (unpaired) electrons. The van der Waals surface area contributed by atoms with E-state index in [9.17, 15) is 4.79 Å². The molecule has 92 valence electrons. The summed E-state index contributed by atoms with van der Waals surface area (Å²) >= 11 is 1.32. The van der Waals surface area contributed by atoms with Gasteiger partial charge < -0.3 is 5.73 Å². The highest BCUT2D eigenvalue weighted by Crippen LogP contribution is 2.11. The van der Waals surface area contributed by atoms with Crippen LogP contribution in [0.25, 0.3) is 0 Å². The average Bonchev–Trinajstić information content (AvgIpc) is 2.76. The molecule has 6 heteroatoms. The Morgan fingerprint density at radius 3 is 2.89 bits per heavy atom. The topological polar surface area (TPSA) is 80.4 Å². The molecule has 5 nitrogen and oxygen atoms in total. The Kier molecular flexibility index (Phi) is 4.03. The summed E-state index contributed by atoms with van der Waals surface area (Å²) < 4.78 is 0. The maximum absolute atomic E-state index is 11.5. The third-order valence-electron chi connectivity index (χ3n) is 2.11. The number of nitrogens with one attached hydrogen (secondary N) is 1. The first kappa shape index (κ1) is 12.3. The number of nitrogen functional groups attached to an aromatic ring is 1. The number of hydrazone groups is 1. The molecule has 1 aromatic heterocycles. The van der Waals surface area contributed by atoms with E-state index in [4.69, 9.17) is 5.73 Å². The Labute approximate surface area is 108 Å². The van der Waals surface area contributed by atoms with Crippen LogP contribution in [0.2, 0.25) is 0 Å². The monoisotopic (exact) mass is 260 g/mol. The van der Waals surface area contributed by atoms with E-state index in [0.717, 1.165) is 5.56 Å². The predicted molar refractivity (Wildman–Crippen MR) is 72.4 cm³/mol. The van der Waals surface area contributed by atoms with Crippen molar-refractivity contribution in [3.05, 3.63) is 47.0 Å². The van der Waals surface area contributed by atoms with Gasteiger partial charge >= 0.3 is 0 Å². The van der Waals surface area contributed by atoms with Crippen LogP contribution < -0.4 is 11.2 Å². The first-order valence-electron chi connectivity index (χ1n) is 5.31. The molecule has 2 rings (SSSR count). The Morgan fingerprint density at radius 2 is 2.22 bits per heavy atom. The standard InChI is InChI=1S/C12H12N4OS/c13-12-15-10(8-18-12)6-11(17)16-14-7-9-4-2-1-3-5-9/h1-5,7-8H,6H2,(H2,13,15)(H,16,17)/b14-7+. The third kappa shape index (κ3) is 3.67. The molecule has 0 bridgehead atoms. The average molecular weight is 260 g/mol. The minimum atomic E-state index is -0.215. The molecule has 3 N–H and O–H groups in total. The fourth-order valence-electron chi connectivity index (χ4n) is 1.33. The van der Waals surface area contributed by atoms with Crippen molar-refractivity contribution in [1.82, 2.24) is 10.4 Å². The zero-order chi connectivity index (χ0) is 12.8. The molecule has 0 fully saturated rings. The largest absolute Gasteiger partial charge is 0.375 e. The second-order valence-electron chi connectivity index (χ2n) is 3.56. The molecule has 0 atom stereocenters. The molecule has 0 aliphatic heterocycles. The van der Waals surface area contributed by atoms with Crippen molar-refractivity contribution >= 4 is 28.6 Å². The van der Waals surface area contributed by atoms with Gasteiger partial charge in [0.2, 0.25) is 5.91 Å². The van der Waals surface area contributed by atoms with Crippen LogP contribution in [0.4, 0.5) is 5.13 Å². The molecule has 0 spiro atoms. The van der Waals surface area contributed by atoms with Gasteiger partial charge in [0.25, 0.3) is 0 Å². The molecule has 0 unspecified atom stereocenters. The lowest BCUT2D eigenvalue weighted by molar-refractivity contribution is -0.120. The second-order valence-corrected chi connectivity index (χ2v) is 4.45. The van der Waals surface area contributed by atoms with Gasteiger partial charge in [-0.05, 0) is 5.56 Å². The lowest BCUT2D eigenvalue weighted by Crippen LogP contribution is -2.19. The summed E-state index contributed by atoms with van der Waals surface area (Å²) in [6.45, 7) is 0. The number of nitrogens with zero attached hydrogens (tertiary/aromatic N) is 2. The second kappa shape index (κ2) is 5.92. The highest BCUT2D eigenvalue weighted by molar-refractivity contribution is 7.13. The summed E-state index contributed by atoms with van der Waals surface area (Å²) in [5.41, 5.74) is 9.50. The summed E-state index contributed by atoms with van der Waals surface area (Å²) in [7, 11) is 0. The van der Waals surface area contributed by atoms with Crippen molar-refractivity contribution in [2.24, 2.45) is 5.10 Å². The number of carbonyl (C=O) groups is 1.